The van der Waals surface area contributed by atoms with Crippen molar-refractivity contribution in [3.05, 3.63) is 53.4 Å². The summed E-state index contributed by atoms with van der Waals surface area (Å²) in [5.41, 5.74) is 0.476. The van der Waals surface area contributed by atoms with Crippen LogP contribution in [0.4, 0.5) is 0 Å². The second kappa shape index (κ2) is 4.45. The van der Waals surface area contributed by atoms with Gasteiger partial charge in [0.2, 0.25) is 0 Å². The van der Waals surface area contributed by atoms with Crippen molar-refractivity contribution in [2.24, 2.45) is 0 Å². The number of aromatic amines is 1. The molecule has 0 aliphatic rings. The molecule has 0 aliphatic heterocycles. The van der Waals surface area contributed by atoms with Crippen LogP contribution in [0.2, 0.25) is 10.0 Å². The van der Waals surface area contributed by atoms with E-state index in [1.165, 1.54) is 11.3 Å². The lowest BCUT2D eigenvalue weighted by Gasteiger charge is -1.99. The van der Waals surface area contributed by atoms with Crippen molar-refractivity contribution in [1.82, 2.24) is 4.98 Å². The van der Waals surface area contributed by atoms with Gasteiger partial charge in [0.25, 0.3) is 5.56 Å². The summed E-state index contributed by atoms with van der Waals surface area (Å²) in [6.45, 7) is 3.67. The van der Waals surface area contributed by atoms with E-state index in [0.717, 1.165) is 0 Å². The number of H-pyrrole nitrogens is 1. The fourth-order valence-corrected chi connectivity index (χ4v) is 2.50. The predicted octanol–water partition coefficient (Wildman–Crippen LogP) is 1.98. The highest BCUT2D eigenvalue weighted by molar-refractivity contribution is 7.07. The zero-order valence-corrected chi connectivity index (χ0v) is 10.4. The molecule has 1 heterocycles. The summed E-state index contributed by atoms with van der Waals surface area (Å²) in [6, 6.07) is 5.21. The zero-order chi connectivity index (χ0) is 11.7. The molecular formula is C11H7Cl2NOS. The Bertz CT molecular complexity index is 666. The third kappa shape index (κ3) is 2.21. The summed E-state index contributed by atoms with van der Waals surface area (Å²) in [4.78, 5) is 14.1. The molecule has 0 saturated heterocycles. The first-order chi connectivity index (χ1) is 7.58. The molecule has 5 heteroatoms. The number of hydrogen-bond donors (Lipinski definition) is 1. The van der Waals surface area contributed by atoms with Crippen molar-refractivity contribution < 1.29 is 0 Å². The van der Waals surface area contributed by atoms with Crippen LogP contribution in [0.3, 0.4) is 0 Å². The zero-order valence-electron chi connectivity index (χ0n) is 8.09. The van der Waals surface area contributed by atoms with Crippen molar-refractivity contribution >= 4 is 47.2 Å². The standard InChI is InChI=1S/C11H7Cl2NOS/c1-6-14-11(15)10(16-6)5-7-8(12)3-2-4-9(7)13/h2-5H,1H2,(H,14,15)/b10-5-. The quantitative estimate of drug-likeness (QED) is 0.846. The highest BCUT2D eigenvalue weighted by Crippen LogP contribution is 2.24. The molecule has 0 amide bonds. The van der Waals surface area contributed by atoms with Crippen LogP contribution in [0.15, 0.2) is 23.0 Å². The van der Waals surface area contributed by atoms with Gasteiger partial charge in [-0.05, 0) is 18.2 Å². The van der Waals surface area contributed by atoms with Crippen LogP contribution in [0.5, 0.6) is 0 Å². The molecule has 82 valence electrons. The van der Waals surface area contributed by atoms with E-state index in [9.17, 15) is 4.79 Å². The fraction of sp³-hybridized carbons (Fsp3) is 0. The number of hydrogen-bond acceptors (Lipinski definition) is 2. The second-order valence-electron chi connectivity index (χ2n) is 3.12. The third-order valence-corrected chi connectivity index (χ3v) is 3.52. The molecule has 1 aromatic carbocycles. The minimum atomic E-state index is -0.175. The minimum absolute atomic E-state index is 0.175. The first-order valence-corrected chi connectivity index (χ1v) is 5.99. The fourth-order valence-electron chi connectivity index (χ4n) is 1.27. The topological polar surface area (TPSA) is 32.9 Å². The molecule has 16 heavy (non-hydrogen) atoms. The lowest BCUT2D eigenvalue weighted by molar-refractivity contribution is 1.26. The summed E-state index contributed by atoms with van der Waals surface area (Å²) in [6.07, 6.45) is 1.67. The van der Waals surface area contributed by atoms with E-state index in [2.05, 4.69) is 11.6 Å². The minimum Gasteiger partial charge on any atom is -0.313 e. The van der Waals surface area contributed by atoms with Crippen molar-refractivity contribution in [3.8, 4) is 0 Å². The van der Waals surface area contributed by atoms with Gasteiger partial charge in [-0.25, -0.2) is 0 Å². The molecule has 1 N–H and O–H groups in total. The van der Waals surface area contributed by atoms with Crippen molar-refractivity contribution in [1.29, 1.82) is 0 Å². The Morgan fingerprint density at radius 1 is 1.31 bits per heavy atom. The largest absolute Gasteiger partial charge is 0.313 e. The Morgan fingerprint density at radius 2 is 1.94 bits per heavy atom. The van der Waals surface area contributed by atoms with Gasteiger partial charge in [0, 0.05) is 15.6 Å². The average Bonchev–Trinajstić information content (AvgIpc) is 2.51. The normalized spacial score (nSPS) is 12.0. The third-order valence-electron chi connectivity index (χ3n) is 1.99. The van der Waals surface area contributed by atoms with Crippen LogP contribution in [0.25, 0.3) is 12.7 Å². The Hall–Kier alpha value is -1.03. The van der Waals surface area contributed by atoms with Crippen molar-refractivity contribution in [2.75, 3.05) is 0 Å². The number of halogens is 2. The van der Waals surface area contributed by atoms with Gasteiger partial charge in [-0.15, -0.1) is 11.3 Å². The molecule has 0 saturated carbocycles. The Morgan fingerprint density at radius 3 is 2.44 bits per heavy atom. The summed E-state index contributed by atoms with van der Waals surface area (Å²) in [5.74, 6) is 0. The van der Waals surface area contributed by atoms with E-state index in [-0.39, 0.29) is 5.56 Å². The second-order valence-corrected chi connectivity index (χ2v) is 5.07. The summed E-state index contributed by atoms with van der Waals surface area (Å²) in [7, 11) is 0. The molecule has 1 aromatic heterocycles. The van der Waals surface area contributed by atoms with E-state index >= 15 is 0 Å². The lowest BCUT2D eigenvalue weighted by atomic mass is 10.2. The molecule has 0 radical (unpaired) electrons. The summed E-state index contributed by atoms with van der Waals surface area (Å²) < 4.78 is 1.15. The Balaban J connectivity index is 2.73. The number of thiazole rings is 1. The van der Waals surface area contributed by atoms with Gasteiger partial charge in [-0.3, -0.25) is 4.79 Å². The maximum Gasteiger partial charge on any atom is 0.266 e. The molecule has 0 fully saturated rings. The average molecular weight is 272 g/mol. The van der Waals surface area contributed by atoms with E-state index in [0.29, 0.717) is 24.8 Å². The Labute approximate surface area is 105 Å². The molecule has 2 aromatic rings. The monoisotopic (exact) mass is 271 g/mol. The van der Waals surface area contributed by atoms with Gasteiger partial charge in [-0.1, -0.05) is 35.8 Å². The Kier molecular flexibility index (Phi) is 3.19. The SMILES string of the molecule is C=c1[nH]c(=O)/c(=C/c2c(Cl)cccc2Cl)s1. The number of nitrogens with one attached hydrogen (secondary N) is 1. The van der Waals surface area contributed by atoms with Crippen LogP contribution < -0.4 is 14.8 Å². The molecule has 2 rings (SSSR count). The molecule has 0 atom stereocenters. The summed E-state index contributed by atoms with van der Waals surface area (Å²) >= 11 is 13.3. The number of benzene rings is 1. The molecule has 0 spiro atoms. The predicted molar refractivity (Wildman–Crippen MR) is 69.7 cm³/mol. The molecule has 0 aliphatic carbocycles. The van der Waals surface area contributed by atoms with Crippen LogP contribution >= 0.6 is 34.5 Å². The number of rotatable bonds is 1. The van der Waals surface area contributed by atoms with Gasteiger partial charge in [0.1, 0.15) is 0 Å². The van der Waals surface area contributed by atoms with E-state index in [4.69, 9.17) is 23.2 Å². The van der Waals surface area contributed by atoms with Crippen molar-refractivity contribution in [2.45, 2.75) is 0 Å². The van der Waals surface area contributed by atoms with Gasteiger partial charge in [0.05, 0.1) is 9.20 Å². The van der Waals surface area contributed by atoms with Gasteiger partial charge in [-0.2, -0.15) is 0 Å². The summed E-state index contributed by atoms with van der Waals surface area (Å²) in [5, 5.41) is 1.04. The maximum atomic E-state index is 11.5. The molecule has 0 unspecified atom stereocenters. The van der Waals surface area contributed by atoms with Crippen LogP contribution in [0.1, 0.15) is 5.56 Å². The smallest absolute Gasteiger partial charge is 0.266 e. The molecular weight excluding hydrogens is 265 g/mol. The van der Waals surface area contributed by atoms with Crippen molar-refractivity contribution in [3.63, 3.8) is 0 Å². The molecule has 2 nitrogen and oxygen atoms in total. The van der Waals surface area contributed by atoms with E-state index in [1.807, 2.05) is 0 Å². The van der Waals surface area contributed by atoms with Gasteiger partial charge < -0.3 is 4.98 Å². The molecule has 0 bridgehead atoms. The van der Waals surface area contributed by atoms with Crippen LogP contribution in [0, 0.1) is 0 Å². The van der Waals surface area contributed by atoms with Crippen LogP contribution in [-0.4, -0.2) is 4.98 Å². The lowest BCUT2D eigenvalue weighted by Crippen LogP contribution is -2.19. The highest BCUT2D eigenvalue weighted by Gasteiger charge is 2.03. The maximum absolute atomic E-state index is 11.5. The van der Waals surface area contributed by atoms with Crippen LogP contribution in [-0.2, 0) is 0 Å². The van der Waals surface area contributed by atoms with E-state index < -0.39 is 0 Å². The first kappa shape index (κ1) is 11.5. The highest BCUT2D eigenvalue weighted by atomic mass is 35.5. The van der Waals surface area contributed by atoms with E-state index in [1.54, 1.807) is 24.3 Å². The van der Waals surface area contributed by atoms with Gasteiger partial charge >= 0.3 is 0 Å². The number of aromatic nitrogens is 1. The van der Waals surface area contributed by atoms with Gasteiger partial charge in [0.15, 0.2) is 0 Å². The first-order valence-electron chi connectivity index (χ1n) is 4.42.